The second kappa shape index (κ2) is 12.8. The van der Waals surface area contributed by atoms with E-state index in [9.17, 15) is 19.2 Å². The van der Waals surface area contributed by atoms with Crippen LogP contribution >= 0.6 is 0 Å². The number of hydrogen-bond acceptors (Lipinski definition) is 6. The lowest BCUT2D eigenvalue weighted by Crippen LogP contribution is -2.58. The summed E-state index contributed by atoms with van der Waals surface area (Å²) in [6, 6.07) is 9.92. The molecule has 2 rings (SSSR count). The molecule has 0 saturated heterocycles. The van der Waals surface area contributed by atoms with Crippen molar-refractivity contribution < 1.29 is 28.7 Å². The van der Waals surface area contributed by atoms with E-state index in [0.717, 1.165) is 11.1 Å². The van der Waals surface area contributed by atoms with E-state index < -0.39 is 53.5 Å². The number of methoxy groups -OCH3 is 1. The minimum atomic E-state index is -1.37. The molecule has 0 aliphatic carbocycles. The lowest BCUT2D eigenvalue weighted by Gasteiger charge is -2.43. The number of alkyl carbamates (subject to hydrolysis) is 1. The fourth-order valence-corrected chi connectivity index (χ4v) is 4.39. The second-order valence-corrected chi connectivity index (χ2v) is 11.7. The van der Waals surface area contributed by atoms with Gasteiger partial charge in [-0.1, -0.05) is 18.2 Å². The summed E-state index contributed by atoms with van der Waals surface area (Å²) in [5.41, 5.74) is 6.43. The summed E-state index contributed by atoms with van der Waals surface area (Å²) in [7, 11) is 1.55. The zero-order valence-corrected chi connectivity index (χ0v) is 24.9. The standard InChI is InChI=1S/C30H42N4O6/c1-18-11-10-12-19(2)24(18)25(26(36)32-20-13-15-21(39-9)16-14-20)34(29(3,4)5)27(37)22(17-23(31)35)33-28(38)40-30(6,7)8/h10-16,22,25H,17H2,1-9H3,(H2,31,35)(H,32,36)(H,33,38). The van der Waals surface area contributed by atoms with Gasteiger partial charge in [0.1, 0.15) is 23.4 Å². The minimum Gasteiger partial charge on any atom is -0.497 e. The van der Waals surface area contributed by atoms with Gasteiger partial charge in [-0.3, -0.25) is 14.4 Å². The van der Waals surface area contributed by atoms with E-state index in [2.05, 4.69) is 10.6 Å². The van der Waals surface area contributed by atoms with Crippen LogP contribution < -0.4 is 21.1 Å². The van der Waals surface area contributed by atoms with Crippen molar-refractivity contribution in [3.8, 4) is 5.75 Å². The molecule has 4 amide bonds. The van der Waals surface area contributed by atoms with E-state index in [-0.39, 0.29) is 0 Å². The number of aryl methyl sites for hydroxylation is 2. The Balaban J connectivity index is 2.65. The lowest BCUT2D eigenvalue weighted by atomic mass is 9.90. The van der Waals surface area contributed by atoms with Gasteiger partial charge in [0.25, 0.3) is 5.91 Å². The largest absolute Gasteiger partial charge is 0.497 e. The third kappa shape index (κ3) is 8.72. The van der Waals surface area contributed by atoms with E-state index in [4.69, 9.17) is 15.2 Å². The first kappa shape index (κ1) is 32.1. The van der Waals surface area contributed by atoms with Gasteiger partial charge in [-0.2, -0.15) is 0 Å². The third-order valence-corrected chi connectivity index (χ3v) is 6.03. The van der Waals surface area contributed by atoms with Crippen LogP contribution in [0.5, 0.6) is 5.75 Å². The lowest BCUT2D eigenvalue weighted by molar-refractivity contribution is -0.147. The fraction of sp³-hybridized carbons (Fsp3) is 0.467. The Bertz CT molecular complexity index is 1210. The summed E-state index contributed by atoms with van der Waals surface area (Å²) in [5.74, 6) is -1.30. The van der Waals surface area contributed by atoms with Crippen LogP contribution in [-0.2, 0) is 19.1 Å². The van der Waals surface area contributed by atoms with Crippen LogP contribution in [0.2, 0.25) is 0 Å². The van der Waals surface area contributed by atoms with E-state index in [1.54, 1.807) is 72.9 Å². The number of carbonyl (C=O) groups is 4. The maximum Gasteiger partial charge on any atom is 0.408 e. The van der Waals surface area contributed by atoms with E-state index in [1.807, 2.05) is 32.0 Å². The van der Waals surface area contributed by atoms with Gasteiger partial charge >= 0.3 is 6.09 Å². The monoisotopic (exact) mass is 554 g/mol. The van der Waals surface area contributed by atoms with Crippen LogP contribution in [0.4, 0.5) is 10.5 Å². The highest BCUT2D eigenvalue weighted by Gasteiger charge is 2.43. The van der Waals surface area contributed by atoms with Crippen molar-refractivity contribution in [3.63, 3.8) is 0 Å². The highest BCUT2D eigenvalue weighted by molar-refractivity contribution is 6.00. The number of anilines is 1. The van der Waals surface area contributed by atoms with Crippen molar-refractivity contribution in [2.75, 3.05) is 12.4 Å². The van der Waals surface area contributed by atoms with Gasteiger partial charge in [-0.25, -0.2) is 4.79 Å². The first-order valence-electron chi connectivity index (χ1n) is 13.1. The number of primary amides is 1. The van der Waals surface area contributed by atoms with Crippen molar-refractivity contribution in [3.05, 3.63) is 59.2 Å². The molecular formula is C30H42N4O6. The Hall–Kier alpha value is -4.08. The summed E-state index contributed by atoms with van der Waals surface area (Å²) >= 11 is 0. The molecule has 0 fully saturated rings. The molecule has 0 spiro atoms. The zero-order valence-electron chi connectivity index (χ0n) is 24.9. The SMILES string of the molecule is COc1ccc(NC(=O)C(c2c(C)cccc2C)N(C(=O)C(CC(N)=O)NC(=O)OC(C)(C)C)C(C)(C)C)cc1. The Morgan fingerprint density at radius 1 is 0.925 bits per heavy atom. The van der Waals surface area contributed by atoms with Gasteiger partial charge in [0.15, 0.2) is 0 Å². The molecule has 4 N–H and O–H groups in total. The van der Waals surface area contributed by atoms with Crippen LogP contribution in [0.3, 0.4) is 0 Å². The average Bonchev–Trinajstić information content (AvgIpc) is 2.80. The van der Waals surface area contributed by atoms with Crippen molar-refractivity contribution in [1.82, 2.24) is 10.2 Å². The second-order valence-electron chi connectivity index (χ2n) is 11.7. The van der Waals surface area contributed by atoms with Crippen molar-refractivity contribution >= 4 is 29.5 Å². The van der Waals surface area contributed by atoms with Gasteiger partial charge in [-0.15, -0.1) is 0 Å². The van der Waals surface area contributed by atoms with Crippen molar-refractivity contribution in [2.24, 2.45) is 5.73 Å². The first-order valence-corrected chi connectivity index (χ1v) is 13.1. The number of ether oxygens (including phenoxy) is 2. The molecule has 218 valence electrons. The summed E-state index contributed by atoms with van der Waals surface area (Å²) < 4.78 is 10.5. The van der Waals surface area contributed by atoms with Crippen LogP contribution in [0, 0.1) is 13.8 Å². The van der Waals surface area contributed by atoms with Crippen LogP contribution in [0.1, 0.15) is 70.7 Å². The maximum atomic E-state index is 14.3. The average molecular weight is 555 g/mol. The molecule has 2 atom stereocenters. The molecular weight excluding hydrogens is 512 g/mol. The topological polar surface area (TPSA) is 140 Å². The van der Waals surface area contributed by atoms with Crippen LogP contribution in [0.25, 0.3) is 0 Å². The highest BCUT2D eigenvalue weighted by Crippen LogP contribution is 2.35. The molecule has 2 aromatic rings. The van der Waals surface area contributed by atoms with E-state index >= 15 is 0 Å². The molecule has 40 heavy (non-hydrogen) atoms. The molecule has 0 bridgehead atoms. The molecule has 2 aromatic carbocycles. The van der Waals surface area contributed by atoms with E-state index in [0.29, 0.717) is 17.0 Å². The normalized spacial score (nSPS) is 13.0. The maximum absolute atomic E-state index is 14.3. The smallest absolute Gasteiger partial charge is 0.408 e. The molecule has 10 nitrogen and oxygen atoms in total. The molecule has 2 unspecified atom stereocenters. The van der Waals surface area contributed by atoms with Gasteiger partial charge in [0.2, 0.25) is 11.8 Å². The first-order chi connectivity index (χ1) is 18.4. The Kier molecular flexibility index (Phi) is 10.3. The van der Waals surface area contributed by atoms with Crippen molar-refractivity contribution in [1.29, 1.82) is 0 Å². The molecule has 0 radical (unpaired) electrons. The minimum absolute atomic E-state index is 0.471. The summed E-state index contributed by atoms with van der Waals surface area (Å²) in [4.78, 5) is 54.4. The molecule has 10 heteroatoms. The number of hydrogen-bond donors (Lipinski definition) is 3. The summed E-state index contributed by atoms with van der Waals surface area (Å²) in [6.07, 6.45) is -1.36. The highest BCUT2D eigenvalue weighted by atomic mass is 16.6. The molecule has 0 aromatic heterocycles. The molecule has 0 aliphatic rings. The van der Waals surface area contributed by atoms with Crippen molar-refractivity contribution in [2.45, 2.75) is 85.0 Å². The Morgan fingerprint density at radius 3 is 1.93 bits per heavy atom. The van der Waals surface area contributed by atoms with Gasteiger partial charge in [0, 0.05) is 11.2 Å². The van der Waals surface area contributed by atoms with Gasteiger partial charge in [-0.05, 0) is 96.3 Å². The summed E-state index contributed by atoms with van der Waals surface area (Å²) in [6.45, 7) is 14.1. The molecule has 0 saturated carbocycles. The van der Waals surface area contributed by atoms with Gasteiger partial charge < -0.3 is 30.7 Å². The number of carbonyl (C=O) groups excluding carboxylic acids is 4. The zero-order chi connectivity index (χ0) is 30.4. The summed E-state index contributed by atoms with van der Waals surface area (Å²) in [5, 5.41) is 5.41. The Labute approximate surface area is 236 Å². The van der Waals surface area contributed by atoms with Crippen LogP contribution in [0.15, 0.2) is 42.5 Å². The number of nitrogens with one attached hydrogen (secondary N) is 2. The van der Waals surface area contributed by atoms with E-state index in [1.165, 1.54) is 4.90 Å². The molecule has 0 aliphatic heterocycles. The van der Waals surface area contributed by atoms with Crippen LogP contribution in [-0.4, -0.2) is 53.0 Å². The number of nitrogens with two attached hydrogens (primary N) is 1. The number of nitrogens with zero attached hydrogens (tertiary/aromatic N) is 1. The number of rotatable bonds is 9. The number of amides is 4. The molecule has 0 heterocycles. The fourth-order valence-electron chi connectivity index (χ4n) is 4.39. The quantitative estimate of drug-likeness (QED) is 0.420. The predicted molar refractivity (Wildman–Crippen MR) is 154 cm³/mol. The number of benzene rings is 2. The Morgan fingerprint density at radius 2 is 1.48 bits per heavy atom. The predicted octanol–water partition coefficient (Wildman–Crippen LogP) is 4.39. The van der Waals surface area contributed by atoms with Gasteiger partial charge in [0.05, 0.1) is 13.5 Å². The third-order valence-electron chi connectivity index (χ3n) is 6.03.